The highest BCUT2D eigenvalue weighted by molar-refractivity contribution is 5.76. The fourth-order valence-corrected chi connectivity index (χ4v) is 0.849. The number of nitrogens with zero attached hydrogens (tertiary/aromatic N) is 1. The molecule has 2 amide bonds. The molecule has 1 aliphatic rings. The van der Waals surface area contributed by atoms with Crippen molar-refractivity contribution in [3.63, 3.8) is 0 Å². The van der Waals surface area contributed by atoms with Crippen molar-refractivity contribution >= 4 is 6.03 Å². The molecule has 0 bridgehead atoms. The lowest BCUT2D eigenvalue weighted by Gasteiger charge is -2.17. The standard InChI is InChI=1S/C5H10N2O4/c1-11-2-7-4(9)3(8)6-5(7)10/h3-4,8-9H,2H2,1H3,(H,6,10). The number of carbonyl (C=O) groups is 1. The van der Waals surface area contributed by atoms with Gasteiger partial charge in [0.05, 0.1) is 0 Å². The highest BCUT2D eigenvalue weighted by atomic mass is 16.5. The third kappa shape index (κ3) is 1.42. The van der Waals surface area contributed by atoms with Crippen LogP contribution in [0.4, 0.5) is 4.79 Å². The molecule has 6 heteroatoms. The zero-order valence-corrected chi connectivity index (χ0v) is 6.02. The van der Waals surface area contributed by atoms with Crippen LogP contribution in [0.15, 0.2) is 0 Å². The molecule has 3 N–H and O–H groups in total. The summed E-state index contributed by atoms with van der Waals surface area (Å²) >= 11 is 0. The predicted octanol–water partition coefficient (Wildman–Crippen LogP) is -1.75. The summed E-state index contributed by atoms with van der Waals surface area (Å²) < 4.78 is 4.61. The number of rotatable bonds is 2. The van der Waals surface area contributed by atoms with Crippen molar-refractivity contribution in [3.05, 3.63) is 0 Å². The van der Waals surface area contributed by atoms with Crippen LogP contribution in [0.3, 0.4) is 0 Å². The first kappa shape index (κ1) is 8.25. The van der Waals surface area contributed by atoms with Crippen molar-refractivity contribution in [3.8, 4) is 0 Å². The Labute approximate surface area is 63.4 Å². The molecular formula is C5H10N2O4. The van der Waals surface area contributed by atoms with Gasteiger partial charge in [-0.1, -0.05) is 0 Å². The largest absolute Gasteiger partial charge is 0.369 e. The van der Waals surface area contributed by atoms with Crippen LogP contribution in [0, 0.1) is 0 Å². The number of nitrogens with one attached hydrogen (secondary N) is 1. The molecule has 0 radical (unpaired) electrons. The lowest BCUT2D eigenvalue weighted by molar-refractivity contribution is -0.0657. The summed E-state index contributed by atoms with van der Waals surface area (Å²) in [6, 6.07) is -0.535. The molecule has 0 aromatic carbocycles. The van der Waals surface area contributed by atoms with Crippen LogP contribution in [0.2, 0.25) is 0 Å². The smallest absolute Gasteiger partial charge is 0.323 e. The van der Waals surface area contributed by atoms with E-state index in [1.54, 1.807) is 0 Å². The number of aliphatic hydroxyl groups is 2. The lowest BCUT2D eigenvalue weighted by Crippen LogP contribution is -2.37. The van der Waals surface area contributed by atoms with Crippen molar-refractivity contribution in [2.75, 3.05) is 13.8 Å². The fourth-order valence-electron chi connectivity index (χ4n) is 0.849. The molecule has 1 rings (SSSR count). The molecule has 64 valence electrons. The topological polar surface area (TPSA) is 82.0 Å². The Morgan fingerprint density at radius 2 is 2.36 bits per heavy atom. The van der Waals surface area contributed by atoms with Crippen molar-refractivity contribution in [1.82, 2.24) is 10.2 Å². The van der Waals surface area contributed by atoms with Crippen LogP contribution in [0.5, 0.6) is 0 Å². The number of hydrogen-bond donors (Lipinski definition) is 3. The van der Waals surface area contributed by atoms with Crippen LogP contribution in [0.25, 0.3) is 0 Å². The normalized spacial score (nSPS) is 30.8. The minimum atomic E-state index is -1.22. The zero-order chi connectivity index (χ0) is 8.43. The summed E-state index contributed by atoms with van der Waals surface area (Å²) in [5.41, 5.74) is 0. The van der Waals surface area contributed by atoms with Gasteiger partial charge < -0.3 is 20.3 Å². The molecule has 11 heavy (non-hydrogen) atoms. The van der Waals surface area contributed by atoms with Gasteiger partial charge in [0.1, 0.15) is 6.73 Å². The molecule has 1 fully saturated rings. The summed E-state index contributed by atoms with van der Waals surface area (Å²) in [6.07, 6.45) is -2.44. The molecule has 2 atom stereocenters. The quantitative estimate of drug-likeness (QED) is 0.450. The van der Waals surface area contributed by atoms with Crippen LogP contribution < -0.4 is 5.32 Å². The Morgan fingerprint density at radius 1 is 1.73 bits per heavy atom. The summed E-state index contributed by atoms with van der Waals surface area (Å²) in [7, 11) is 1.39. The van der Waals surface area contributed by atoms with Gasteiger partial charge in [-0.25, -0.2) is 4.79 Å². The predicted molar refractivity (Wildman–Crippen MR) is 34.3 cm³/mol. The van der Waals surface area contributed by atoms with Crippen LogP contribution >= 0.6 is 0 Å². The SMILES string of the molecule is COCN1C(=O)NC(O)C1O. The van der Waals surface area contributed by atoms with Gasteiger partial charge in [0, 0.05) is 7.11 Å². The second kappa shape index (κ2) is 3.04. The first-order valence-electron chi connectivity index (χ1n) is 3.09. The highest BCUT2D eigenvalue weighted by Crippen LogP contribution is 2.07. The molecule has 0 spiro atoms. The second-order valence-corrected chi connectivity index (χ2v) is 2.20. The molecule has 0 saturated carbocycles. The van der Waals surface area contributed by atoms with E-state index in [4.69, 9.17) is 10.2 Å². The minimum absolute atomic E-state index is 0.0376. The van der Waals surface area contributed by atoms with Crippen LogP contribution in [-0.2, 0) is 4.74 Å². The molecule has 1 aliphatic heterocycles. The lowest BCUT2D eigenvalue weighted by atomic mass is 10.5. The zero-order valence-electron chi connectivity index (χ0n) is 6.02. The van der Waals surface area contributed by atoms with Gasteiger partial charge in [0.2, 0.25) is 0 Å². The van der Waals surface area contributed by atoms with Crippen molar-refractivity contribution in [2.24, 2.45) is 0 Å². The summed E-state index contributed by atoms with van der Waals surface area (Å²) in [6.45, 7) is -0.0376. The Hall–Kier alpha value is -0.850. The van der Waals surface area contributed by atoms with E-state index < -0.39 is 18.5 Å². The minimum Gasteiger partial charge on any atom is -0.369 e. The summed E-state index contributed by atoms with van der Waals surface area (Å²) in [5, 5.41) is 20.1. The Kier molecular flexibility index (Phi) is 2.28. The third-order valence-corrected chi connectivity index (χ3v) is 1.40. The van der Waals surface area contributed by atoms with Crippen molar-refractivity contribution in [1.29, 1.82) is 0 Å². The van der Waals surface area contributed by atoms with E-state index in [-0.39, 0.29) is 6.73 Å². The highest BCUT2D eigenvalue weighted by Gasteiger charge is 2.36. The number of amides is 2. The second-order valence-electron chi connectivity index (χ2n) is 2.20. The first-order valence-corrected chi connectivity index (χ1v) is 3.09. The van der Waals surface area contributed by atoms with E-state index in [1.807, 2.05) is 0 Å². The molecular weight excluding hydrogens is 152 g/mol. The van der Waals surface area contributed by atoms with Crippen LogP contribution in [0.1, 0.15) is 0 Å². The van der Waals surface area contributed by atoms with E-state index in [9.17, 15) is 4.79 Å². The molecule has 0 aliphatic carbocycles. The van der Waals surface area contributed by atoms with E-state index in [0.29, 0.717) is 0 Å². The van der Waals surface area contributed by atoms with Crippen molar-refractivity contribution in [2.45, 2.75) is 12.5 Å². The van der Waals surface area contributed by atoms with Gasteiger partial charge in [-0.3, -0.25) is 4.90 Å². The van der Waals surface area contributed by atoms with E-state index in [2.05, 4.69) is 10.1 Å². The number of aliphatic hydroxyl groups excluding tert-OH is 2. The van der Waals surface area contributed by atoms with Gasteiger partial charge in [-0.2, -0.15) is 0 Å². The number of methoxy groups -OCH3 is 1. The van der Waals surface area contributed by atoms with Gasteiger partial charge >= 0.3 is 6.03 Å². The molecule has 1 saturated heterocycles. The Morgan fingerprint density at radius 3 is 2.73 bits per heavy atom. The number of urea groups is 1. The molecule has 6 nitrogen and oxygen atoms in total. The van der Waals surface area contributed by atoms with E-state index >= 15 is 0 Å². The van der Waals surface area contributed by atoms with Crippen molar-refractivity contribution < 1.29 is 19.7 Å². The molecule has 0 aromatic heterocycles. The monoisotopic (exact) mass is 162 g/mol. The number of hydrogen-bond acceptors (Lipinski definition) is 4. The molecule has 2 unspecified atom stereocenters. The number of ether oxygens (including phenoxy) is 1. The fraction of sp³-hybridized carbons (Fsp3) is 0.800. The average molecular weight is 162 g/mol. The first-order chi connectivity index (χ1) is 5.16. The maximum Gasteiger partial charge on any atom is 0.323 e. The Bertz CT molecular complexity index is 163. The average Bonchev–Trinajstić information content (AvgIpc) is 2.17. The Balaban J connectivity index is 2.56. The molecule has 1 heterocycles. The maximum absolute atomic E-state index is 10.8. The number of carbonyl (C=O) groups excluding carboxylic acids is 1. The summed E-state index contributed by atoms with van der Waals surface area (Å²) in [5.74, 6) is 0. The van der Waals surface area contributed by atoms with Gasteiger partial charge in [-0.15, -0.1) is 0 Å². The van der Waals surface area contributed by atoms with Gasteiger partial charge in [-0.05, 0) is 0 Å². The van der Waals surface area contributed by atoms with Gasteiger partial charge in [0.25, 0.3) is 0 Å². The van der Waals surface area contributed by atoms with Gasteiger partial charge in [0.15, 0.2) is 12.5 Å². The third-order valence-electron chi connectivity index (χ3n) is 1.40. The van der Waals surface area contributed by atoms with E-state index in [0.717, 1.165) is 4.90 Å². The summed E-state index contributed by atoms with van der Waals surface area (Å²) in [4.78, 5) is 11.8. The van der Waals surface area contributed by atoms with E-state index in [1.165, 1.54) is 7.11 Å². The maximum atomic E-state index is 10.8. The molecule has 0 aromatic rings. The van der Waals surface area contributed by atoms with Crippen LogP contribution in [-0.4, -0.2) is 47.4 Å².